The molecule has 24 heavy (non-hydrogen) atoms. The summed E-state index contributed by atoms with van der Waals surface area (Å²) in [5, 5.41) is 0. The number of carbonyl (C=O) groups excluding carboxylic acids is 1. The molecule has 1 atom stereocenters. The summed E-state index contributed by atoms with van der Waals surface area (Å²) in [4.78, 5) is 17.3. The topological polar surface area (TPSA) is 56.8 Å². The second-order valence-corrected chi connectivity index (χ2v) is 5.68. The number of ether oxygens (including phenoxy) is 2. The van der Waals surface area contributed by atoms with Crippen molar-refractivity contribution in [3.63, 3.8) is 0 Å². The van der Waals surface area contributed by atoms with E-state index < -0.39 is 0 Å². The Morgan fingerprint density at radius 1 is 1.12 bits per heavy atom. The normalized spacial score (nSPS) is 16.8. The van der Waals surface area contributed by atoms with Gasteiger partial charge in [0.15, 0.2) is 0 Å². The van der Waals surface area contributed by atoms with Crippen LogP contribution in [0.1, 0.15) is 28.8 Å². The van der Waals surface area contributed by atoms with Crippen LogP contribution in [0.2, 0.25) is 0 Å². The van der Waals surface area contributed by atoms with E-state index in [1.165, 1.54) is 0 Å². The maximum absolute atomic E-state index is 12.0. The Kier molecular flexibility index (Phi) is 5.82. The fraction of sp³-hybridized carbons (Fsp3) is 0.316. The number of benzene rings is 2. The van der Waals surface area contributed by atoms with Gasteiger partial charge in [-0.1, -0.05) is 30.3 Å². The van der Waals surface area contributed by atoms with Gasteiger partial charge < -0.3 is 9.47 Å². The van der Waals surface area contributed by atoms with E-state index in [0.717, 1.165) is 30.8 Å². The molecule has 2 aromatic carbocycles. The van der Waals surface area contributed by atoms with Gasteiger partial charge in [-0.2, -0.15) is 0 Å². The smallest absolute Gasteiger partial charge is 0.274 e. The molecule has 0 unspecified atom stereocenters. The van der Waals surface area contributed by atoms with Gasteiger partial charge in [-0.25, -0.2) is 5.48 Å². The Bertz CT molecular complexity index is 636. The SMILES string of the molecule is O=C(NOCc1ccccc1)c1ccc(OC[C@@H]2CCCO2)cc1. The van der Waals surface area contributed by atoms with Gasteiger partial charge in [-0.3, -0.25) is 9.63 Å². The molecule has 0 aliphatic carbocycles. The van der Waals surface area contributed by atoms with E-state index in [1.54, 1.807) is 24.3 Å². The Hall–Kier alpha value is -2.37. The number of hydrogen-bond donors (Lipinski definition) is 1. The lowest BCUT2D eigenvalue weighted by Gasteiger charge is -2.11. The van der Waals surface area contributed by atoms with Gasteiger partial charge in [0.1, 0.15) is 12.4 Å². The molecule has 1 saturated heterocycles. The lowest BCUT2D eigenvalue weighted by Crippen LogP contribution is -2.23. The maximum Gasteiger partial charge on any atom is 0.274 e. The van der Waals surface area contributed by atoms with E-state index in [-0.39, 0.29) is 12.0 Å². The first-order valence-corrected chi connectivity index (χ1v) is 8.12. The van der Waals surface area contributed by atoms with Crippen molar-refractivity contribution in [3.8, 4) is 5.75 Å². The van der Waals surface area contributed by atoms with E-state index in [0.29, 0.717) is 18.8 Å². The molecule has 1 aliphatic rings. The molecule has 1 amide bonds. The van der Waals surface area contributed by atoms with Crippen molar-refractivity contribution in [3.05, 3.63) is 65.7 Å². The summed E-state index contributed by atoms with van der Waals surface area (Å²) in [7, 11) is 0. The first-order chi connectivity index (χ1) is 11.8. The van der Waals surface area contributed by atoms with Crippen LogP contribution in [0, 0.1) is 0 Å². The van der Waals surface area contributed by atoms with Crippen molar-refractivity contribution in [2.24, 2.45) is 0 Å². The van der Waals surface area contributed by atoms with Crippen molar-refractivity contribution < 1.29 is 19.1 Å². The molecule has 1 fully saturated rings. The summed E-state index contributed by atoms with van der Waals surface area (Å²) < 4.78 is 11.2. The minimum atomic E-state index is -0.281. The lowest BCUT2D eigenvalue weighted by molar-refractivity contribution is 0.0233. The highest BCUT2D eigenvalue weighted by molar-refractivity contribution is 5.93. The fourth-order valence-electron chi connectivity index (χ4n) is 2.49. The Morgan fingerprint density at radius 2 is 1.92 bits per heavy atom. The van der Waals surface area contributed by atoms with Crippen LogP contribution in [-0.4, -0.2) is 25.2 Å². The predicted octanol–water partition coefficient (Wildman–Crippen LogP) is 3.11. The molecule has 0 radical (unpaired) electrons. The van der Waals surface area contributed by atoms with Crippen molar-refractivity contribution in [2.75, 3.05) is 13.2 Å². The van der Waals surface area contributed by atoms with Gasteiger partial charge >= 0.3 is 0 Å². The molecular formula is C19H21NO4. The first-order valence-electron chi connectivity index (χ1n) is 8.12. The summed E-state index contributed by atoms with van der Waals surface area (Å²) in [6.07, 6.45) is 2.31. The highest BCUT2D eigenvalue weighted by Gasteiger charge is 2.16. The van der Waals surface area contributed by atoms with E-state index >= 15 is 0 Å². The van der Waals surface area contributed by atoms with Gasteiger partial charge in [-0.15, -0.1) is 0 Å². The zero-order valence-electron chi connectivity index (χ0n) is 13.4. The third-order valence-electron chi connectivity index (χ3n) is 3.82. The molecule has 2 aromatic rings. The number of nitrogens with one attached hydrogen (secondary N) is 1. The summed E-state index contributed by atoms with van der Waals surface area (Å²) >= 11 is 0. The Balaban J connectivity index is 1.43. The third-order valence-corrected chi connectivity index (χ3v) is 3.82. The zero-order chi connectivity index (χ0) is 16.6. The summed E-state index contributed by atoms with van der Waals surface area (Å²) in [6, 6.07) is 16.6. The van der Waals surface area contributed by atoms with Crippen LogP contribution in [-0.2, 0) is 16.2 Å². The number of rotatable bonds is 7. The lowest BCUT2D eigenvalue weighted by atomic mass is 10.2. The van der Waals surface area contributed by atoms with E-state index in [1.807, 2.05) is 30.3 Å². The average Bonchev–Trinajstić information content (AvgIpc) is 3.15. The van der Waals surface area contributed by atoms with Crippen molar-refractivity contribution in [1.82, 2.24) is 5.48 Å². The maximum atomic E-state index is 12.0. The van der Waals surface area contributed by atoms with E-state index in [4.69, 9.17) is 14.3 Å². The minimum Gasteiger partial charge on any atom is -0.491 e. The third kappa shape index (κ3) is 4.81. The van der Waals surface area contributed by atoms with Crippen molar-refractivity contribution in [2.45, 2.75) is 25.6 Å². The number of hydroxylamine groups is 1. The van der Waals surface area contributed by atoms with Crippen LogP contribution in [0.5, 0.6) is 5.75 Å². The fourth-order valence-corrected chi connectivity index (χ4v) is 2.49. The first kappa shape index (κ1) is 16.5. The van der Waals surface area contributed by atoms with Crippen LogP contribution in [0.15, 0.2) is 54.6 Å². The van der Waals surface area contributed by atoms with E-state index in [2.05, 4.69) is 5.48 Å². The molecule has 1 heterocycles. The molecule has 0 aromatic heterocycles. The zero-order valence-corrected chi connectivity index (χ0v) is 13.4. The summed E-state index contributed by atoms with van der Waals surface area (Å²) in [6.45, 7) is 1.69. The summed E-state index contributed by atoms with van der Waals surface area (Å²) in [5.41, 5.74) is 3.96. The molecule has 5 nitrogen and oxygen atoms in total. The summed E-state index contributed by atoms with van der Waals surface area (Å²) in [5.74, 6) is 0.448. The quantitative estimate of drug-likeness (QED) is 0.794. The second kappa shape index (κ2) is 8.47. The predicted molar refractivity (Wildman–Crippen MR) is 89.6 cm³/mol. The van der Waals surface area contributed by atoms with Gasteiger partial charge in [0.2, 0.25) is 0 Å². The van der Waals surface area contributed by atoms with Gasteiger partial charge in [0, 0.05) is 12.2 Å². The van der Waals surface area contributed by atoms with E-state index in [9.17, 15) is 4.79 Å². The van der Waals surface area contributed by atoms with Gasteiger partial charge in [0.25, 0.3) is 5.91 Å². The van der Waals surface area contributed by atoms with Crippen molar-refractivity contribution in [1.29, 1.82) is 0 Å². The monoisotopic (exact) mass is 327 g/mol. The Morgan fingerprint density at radius 3 is 2.62 bits per heavy atom. The van der Waals surface area contributed by atoms with Gasteiger partial charge in [-0.05, 0) is 42.7 Å². The van der Waals surface area contributed by atoms with Crippen molar-refractivity contribution >= 4 is 5.91 Å². The molecule has 1 N–H and O–H groups in total. The van der Waals surface area contributed by atoms with Gasteiger partial charge in [0.05, 0.1) is 12.7 Å². The molecule has 126 valence electrons. The molecule has 1 aliphatic heterocycles. The molecular weight excluding hydrogens is 306 g/mol. The number of amides is 1. The molecule has 0 bridgehead atoms. The molecule has 5 heteroatoms. The van der Waals surface area contributed by atoms with Crippen LogP contribution >= 0.6 is 0 Å². The molecule has 3 rings (SSSR count). The van der Waals surface area contributed by atoms with Crippen LogP contribution < -0.4 is 10.2 Å². The highest BCUT2D eigenvalue weighted by atomic mass is 16.6. The number of hydrogen-bond acceptors (Lipinski definition) is 4. The van der Waals surface area contributed by atoms with Crippen LogP contribution in [0.3, 0.4) is 0 Å². The minimum absolute atomic E-state index is 0.180. The second-order valence-electron chi connectivity index (χ2n) is 5.68. The van der Waals surface area contributed by atoms with Crippen LogP contribution in [0.4, 0.5) is 0 Å². The largest absolute Gasteiger partial charge is 0.491 e. The standard InChI is InChI=1S/C19H21NO4/c21-19(20-24-13-15-5-2-1-3-6-15)16-8-10-17(11-9-16)23-14-18-7-4-12-22-18/h1-3,5-6,8-11,18H,4,7,12-14H2,(H,20,21)/t18-/m0/s1. The highest BCUT2D eigenvalue weighted by Crippen LogP contribution is 2.16. The number of carbonyl (C=O) groups is 1. The Labute approximate surface area is 141 Å². The average molecular weight is 327 g/mol. The van der Waals surface area contributed by atoms with Crippen LogP contribution in [0.25, 0.3) is 0 Å². The molecule has 0 spiro atoms. The molecule has 0 saturated carbocycles.